The Morgan fingerprint density at radius 3 is 1.86 bits per heavy atom. The van der Waals surface area contributed by atoms with Gasteiger partial charge in [-0.3, -0.25) is 0 Å². The van der Waals surface area contributed by atoms with Gasteiger partial charge in [0.1, 0.15) is 0 Å². The van der Waals surface area contributed by atoms with E-state index in [0.29, 0.717) is 0 Å². The van der Waals surface area contributed by atoms with Gasteiger partial charge >= 0.3 is 8.80 Å². The van der Waals surface area contributed by atoms with Crippen LogP contribution < -0.4 is 20.2 Å². The van der Waals surface area contributed by atoms with Crippen molar-refractivity contribution in [2.24, 2.45) is 0 Å². The van der Waals surface area contributed by atoms with Crippen LogP contribution in [0.25, 0.3) is 22.9 Å². The van der Waals surface area contributed by atoms with Crippen LogP contribution in [0.2, 0.25) is 6.04 Å². The van der Waals surface area contributed by atoms with Crippen molar-refractivity contribution in [1.29, 1.82) is 0 Å². The summed E-state index contributed by atoms with van der Waals surface area (Å²) in [6.45, 7) is 14.5. The average molecular weight is 583 g/mol. The van der Waals surface area contributed by atoms with E-state index in [1.807, 2.05) is 0 Å². The monoisotopic (exact) mass is 582 g/mol. The first-order valence-corrected chi connectivity index (χ1v) is 16.9. The SMILES string of the molecule is C=c1ccc(=C(c2ccc(N(CC)CC)cc2)c2ccc(N(CC)CCC[Si](OC)(OC)OC)c3ccccc23)cc1. The van der Waals surface area contributed by atoms with Crippen molar-refractivity contribution in [2.75, 3.05) is 57.3 Å². The molecule has 0 unspecified atom stereocenters. The van der Waals surface area contributed by atoms with Crippen LogP contribution in [0, 0.1) is 0 Å². The Hall–Kier alpha value is -3.42. The van der Waals surface area contributed by atoms with Gasteiger partial charge in [0.05, 0.1) is 0 Å². The van der Waals surface area contributed by atoms with Crippen molar-refractivity contribution in [3.05, 3.63) is 106 Å². The lowest BCUT2D eigenvalue weighted by molar-refractivity contribution is 0.123. The van der Waals surface area contributed by atoms with Crippen LogP contribution in [0.3, 0.4) is 0 Å². The zero-order valence-electron chi connectivity index (χ0n) is 26.2. The summed E-state index contributed by atoms with van der Waals surface area (Å²) in [6, 6.07) is 31.7. The highest BCUT2D eigenvalue weighted by atomic mass is 28.4. The third-order valence-electron chi connectivity index (χ3n) is 8.26. The highest BCUT2D eigenvalue weighted by Crippen LogP contribution is 2.35. The van der Waals surface area contributed by atoms with Crippen molar-refractivity contribution in [1.82, 2.24) is 0 Å². The summed E-state index contributed by atoms with van der Waals surface area (Å²) in [4.78, 5) is 4.82. The third kappa shape index (κ3) is 6.79. The van der Waals surface area contributed by atoms with Gasteiger partial charge in [-0.05, 0) is 77.9 Å². The highest BCUT2D eigenvalue weighted by molar-refractivity contribution is 6.60. The quantitative estimate of drug-likeness (QED) is 0.160. The summed E-state index contributed by atoms with van der Waals surface area (Å²) in [5.74, 6) is 0. The van der Waals surface area contributed by atoms with Crippen LogP contribution in [0.5, 0.6) is 0 Å². The van der Waals surface area contributed by atoms with Crippen LogP contribution in [0.1, 0.15) is 38.3 Å². The van der Waals surface area contributed by atoms with Crippen molar-refractivity contribution in [2.45, 2.75) is 33.2 Å². The van der Waals surface area contributed by atoms with E-state index in [9.17, 15) is 0 Å². The van der Waals surface area contributed by atoms with E-state index in [0.717, 1.165) is 43.9 Å². The fraction of sp³-hybridized carbons (Fsp3) is 0.333. The summed E-state index contributed by atoms with van der Waals surface area (Å²) in [7, 11) is 2.43. The fourth-order valence-electron chi connectivity index (χ4n) is 5.85. The minimum atomic E-state index is -2.61. The molecular formula is C36H46N2O3Si. The minimum Gasteiger partial charge on any atom is -0.377 e. The maximum Gasteiger partial charge on any atom is 0.500 e. The first-order chi connectivity index (χ1) is 20.4. The van der Waals surface area contributed by atoms with Gasteiger partial charge in [0.2, 0.25) is 0 Å². The maximum absolute atomic E-state index is 5.66. The van der Waals surface area contributed by atoms with Gasteiger partial charge in [-0.25, -0.2) is 0 Å². The molecule has 0 amide bonds. The number of hydrogen-bond acceptors (Lipinski definition) is 5. The van der Waals surface area contributed by atoms with Crippen LogP contribution in [-0.4, -0.2) is 56.3 Å². The second-order valence-electron chi connectivity index (χ2n) is 10.4. The molecule has 5 nitrogen and oxygen atoms in total. The molecule has 0 saturated carbocycles. The minimum absolute atomic E-state index is 0.771. The van der Waals surface area contributed by atoms with Crippen molar-refractivity contribution in [3.8, 4) is 0 Å². The molecule has 4 aromatic rings. The number of fused-ring (bicyclic) bond motifs is 1. The standard InChI is InChI=1S/C36H46N2O3Si/c1-8-37(9-2)31-22-20-30(21-23-31)36(29-18-16-28(4)17-19-29)34-24-25-35(33-15-12-11-14-32(33)34)38(10-3)26-13-27-42(39-5,40-6)41-7/h11-12,14-25H,4,8-10,13,26-27H2,1-3,5-7H3. The molecule has 0 aliphatic carbocycles. The van der Waals surface area contributed by atoms with Crippen molar-refractivity contribution >= 4 is 43.1 Å². The number of nitrogens with zero attached hydrogens (tertiary/aromatic N) is 2. The van der Waals surface area contributed by atoms with Gasteiger partial charge in [-0.15, -0.1) is 0 Å². The lowest BCUT2D eigenvalue weighted by Gasteiger charge is -2.28. The number of benzene rings is 4. The first kappa shape index (κ1) is 31.5. The second-order valence-corrected chi connectivity index (χ2v) is 13.5. The molecule has 0 aliphatic rings. The van der Waals surface area contributed by atoms with Gasteiger partial charge in [0.25, 0.3) is 0 Å². The molecule has 0 bridgehead atoms. The number of rotatable bonds is 14. The number of anilines is 2. The van der Waals surface area contributed by atoms with Crippen LogP contribution >= 0.6 is 0 Å². The zero-order chi connectivity index (χ0) is 30.1. The third-order valence-corrected chi connectivity index (χ3v) is 11.1. The Morgan fingerprint density at radius 1 is 0.690 bits per heavy atom. The van der Waals surface area contributed by atoms with E-state index < -0.39 is 8.80 Å². The van der Waals surface area contributed by atoms with Crippen molar-refractivity contribution in [3.63, 3.8) is 0 Å². The van der Waals surface area contributed by atoms with Gasteiger partial charge < -0.3 is 23.1 Å². The molecule has 0 spiro atoms. The molecule has 0 atom stereocenters. The average Bonchev–Trinajstić information content (AvgIpc) is 3.04. The molecule has 4 aromatic carbocycles. The second kappa shape index (κ2) is 14.7. The molecule has 0 aromatic heterocycles. The van der Waals surface area contributed by atoms with Gasteiger partial charge in [-0.1, -0.05) is 73.3 Å². The molecule has 42 heavy (non-hydrogen) atoms. The molecular weight excluding hydrogens is 536 g/mol. The molecule has 6 heteroatoms. The van der Waals surface area contributed by atoms with Crippen LogP contribution in [0.15, 0.2) is 84.9 Å². The van der Waals surface area contributed by atoms with Gasteiger partial charge in [0, 0.05) is 70.3 Å². The largest absolute Gasteiger partial charge is 0.500 e. The lowest BCUT2D eigenvalue weighted by atomic mass is 9.90. The normalized spacial score (nSPS) is 11.6. The molecule has 0 radical (unpaired) electrons. The summed E-state index contributed by atoms with van der Waals surface area (Å²) >= 11 is 0. The Balaban J connectivity index is 1.81. The Kier molecular flexibility index (Phi) is 11.0. The molecule has 0 fully saturated rings. The summed E-state index contributed by atoms with van der Waals surface area (Å²) in [5.41, 5.74) is 6.14. The van der Waals surface area contributed by atoms with E-state index >= 15 is 0 Å². The fourth-order valence-corrected chi connectivity index (χ4v) is 7.55. The predicted octanol–water partition coefficient (Wildman–Crippen LogP) is 6.44. The molecule has 4 rings (SSSR count). The van der Waals surface area contributed by atoms with E-state index in [1.165, 1.54) is 44.1 Å². The molecule has 0 aliphatic heterocycles. The Morgan fingerprint density at radius 2 is 1.29 bits per heavy atom. The number of hydrogen-bond donors (Lipinski definition) is 0. The Labute approximate surface area is 253 Å². The van der Waals surface area contributed by atoms with Gasteiger partial charge in [-0.2, -0.15) is 0 Å². The molecule has 0 N–H and O–H groups in total. The van der Waals surface area contributed by atoms with E-state index in [-0.39, 0.29) is 0 Å². The Bertz CT molecular complexity index is 1530. The van der Waals surface area contributed by atoms with E-state index in [1.54, 1.807) is 21.3 Å². The first-order valence-electron chi connectivity index (χ1n) is 15.0. The summed E-state index contributed by atoms with van der Waals surface area (Å²) in [6.07, 6.45) is 0.916. The van der Waals surface area contributed by atoms with E-state index in [2.05, 4.69) is 122 Å². The highest BCUT2D eigenvalue weighted by Gasteiger charge is 2.37. The van der Waals surface area contributed by atoms with Crippen LogP contribution in [-0.2, 0) is 13.3 Å². The molecule has 222 valence electrons. The van der Waals surface area contributed by atoms with Crippen molar-refractivity contribution < 1.29 is 13.3 Å². The summed E-state index contributed by atoms with van der Waals surface area (Å²) in [5, 5.41) is 4.68. The maximum atomic E-state index is 5.66. The topological polar surface area (TPSA) is 34.2 Å². The predicted molar refractivity (Wildman–Crippen MR) is 181 cm³/mol. The summed E-state index contributed by atoms with van der Waals surface area (Å²) < 4.78 is 17.0. The lowest BCUT2D eigenvalue weighted by Crippen LogP contribution is -2.43. The van der Waals surface area contributed by atoms with Gasteiger partial charge in [0.15, 0.2) is 0 Å². The zero-order valence-corrected chi connectivity index (χ0v) is 27.2. The van der Waals surface area contributed by atoms with E-state index in [4.69, 9.17) is 13.3 Å². The smallest absolute Gasteiger partial charge is 0.377 e. The van der Waals surface area contributed by atoms with Crippen LogP contribution in [0.4, 0.5) is 11.4 Å². The molecule has 0 saturated heterocycles. The molecule has 0 heterocycles.